The Labute approximate surface area is 91.7 Å². The average Bonchev–Trinajstić information content (AvgIpc) is 2.67. The van der Waals surface area contributed by atoms with Crippen LogP contribution in [0.5, 0.6) is 0 Å². The quantitative estimate of drug-likeness (QED) is 0.782. The molecule has 0 radical (unpaired) electrons. The van der Waals surface area contributed by atoms with Gasteiger partial charge in [0.05, 0.1) is 16.5 Å². The molecule has 0 saturated heterocycles. The van der Waals surface area contributed by atoms with E-state index in [1.165, 1.54) is 16.2 Å². The van der Waals surface area contributed by atoms with Crippen LogP contribution in [0.1, 0.15) is 17.4 Å². The minimum Gasteiger partial charge on any atom is -0.392 e. The molecule has 1 rings (SSSR count). The number of likely N-dealkylation sites (N-methyl/N-ethyl adjacent to an activating group) is 1. The van der Waals surface area contributed by atoms with E-state index in [2.05, 4.69) is 4.98 Å². The van der Waals surface area contributed by atoms with E-state index in [-0.39, 0.29) is 11.9 Å². The fraction of sp³-hybridized carbons (Fsp3) is 0.375. The minimum absolute atomic E-state index is 0.161. The van der Waals surface area contributed by atoms with Crippen LogP contribution in [0.3, 0.4) is 0 Å². The van der Waals surface area contributed by atoms with Crippen LogP contribution in [-0.2, 0) is 0 Å². The smallest absolute Gasteiger partial charge is 0.273 e. The van der Waals surface area contributed by atoms with Crippen LogP contribution in [0.2, 0.25) is 0 Å². The summed E-state index contributed by atoms with van der Waals surface area (Å²) < 4.78 is 0. The number of thiocarbonyl (C=S) groups is 1. The normalized spacial score (nSPS) is 12.1. The fourth-order valence-electron chi connectivity index (χ4n) is 0.866. The van der Waals surface area contributed by atoms with Gasteiger partial charge in [0.15, 0.2) is 0 Å². The maximum atomic E-state index is 11.7. The molecule has 1 amide bonds. The van der Waals surface area contributed by atoms with Crippen LogP contribution in [0.15, 0.2) is 10.9 Å². The van der Waals surface area contributed by atoms with Gasteiger partial charge in [0.1, 0.15) is 5.69 Å². The second kappa shape index (κ2) is 4.47. The van der Waals surface area contributed by atoms with E-state index in [1.54, 1.807) is 24.9 Å². The molecule has 1 unspecified atom stereocenters. The minimum atomic E-state index is -0.251. The maximum Gasteiger partial charge on any atom is 0.273 e. The highest BCUT2D eigenvalue weighted by Gasteiger charge is 2.20. The summed E-state index contributed by atoms with van der Waals surface area (Å²) in [4.78, 5) is 17.4. The Kier molecular flexibility index (Phi) is 3.54. The third kappa shape index (κ3) is 2.27. The van der Waals surface area contributed by atoms with Crippen molar-refractivity contribution in [3.8, 4) is 0 Å². The van der Waals surface area contributed by atoms with Crippen molar-refractivity contribution < 1.29 is 4.79 Å². The highest BCUT2D eigenvalue weighted by Crippen LogP contribution is 2.07. The van der Waals surface area contributed by atoms with Gasteiger partial charge in [-0.25, -0.2) is 4.98 Å². The second-order valence-corrected chi connectivity index (χ2v) is 4.06. The lowest BCUT2D eigenvalue weighted by Crippen LogP contribution is -2.42. The fourth-order valence-corrected chi connectivity index (χ4v) is 1.55. The van der Waals surface area contributed by atoms with Crippen molar-refractivity contribution in [3.63, 3.8) is 0 Å². The van der Waals surface area contributed by atoms with E-state index in [0.29, 0.717) is 10.7 Å². The number of nitrogens with zero attached hydrogens (tertiary/aromatic N) is 2. The van der Waals surface area contributed by atoms with E-state index in [1.807, 2.05) is 0 Å². The van der Waals surface area contributed by atoms with Crippen LogP contribution >= 0.6 is 23.6 Å². The summed E-state index contributed by atoms with van der Waals surface area (Å²) in [5.74, 6) is -0.161. The number of carbonyl (C=O) groups excluding carboxylic acids is 1. The summed E-state index contributed by atoms with van der Waals surface area (Å²) in [6.07, 6.45) is 0. The highest BCUT2D eigenvalue weighted by atomic mass is 32.1. The summed E-state index contributed by atoms with van der Waals surface area (Å²) in [6.45, 7) is 1.78. The molecule has 14 heavy (non-hydrogen) atoms. The number of carbonyl (C=O) groups is 1. The lowest BCUT2D eigenvalue weighted by molar-refractivity contribution is 0.0774. The largest absolute Gasteiger partial charge is 0.392 e. The first-order valence-electron chi connectivity index (χ1n) is 3.98. The predicted octanol–water partition coefficient (Wildman–Crippen LogP) is 0.890. The molecule has 0 fully saturated rings. The molecule has 0 bridgehead atoms. The maximum absolute atomic E-state index is 11.7. The van der Waals surface area contributed by atoms with E-state index < -0.39 is 0 Å². The van der Waals surface area contributed by atoms with Crippen LogP contribution in [0.25, 0.3) is 0 Å². The molecule has 2 N–H and O–H groups in total. The summed E-state index contributed by atoms with van der Waals surface area (Å²) in [7, 11) is 1.66. The Bertz CT molecular complexity index is 336. The van der Waals surface area contributed by atoms with Crippen molar-refractivity contribution in [2.24, 2.45) is 5.73 Å². The first kappa shape index (κ1) is 11.1. The van der Waals surface area contributed by atoms with Gasteiger partial charge in [-0.05, 0) is 6.92 Å². The average molecular weight is 229 g/mol. The molecule has 6 heteroatoms. The van der Waals surface area contributed by atoms with Gasteiger partial charge < -0.3 is 10.6 Å². The molecule has 1 heterocycles. The molecular formula is C8H11N3OS2. The van der Waals surface area contributed by atoms with Gasteiger partial charge in [-0.15, -0.1) is 11.3 Å². The number of aromatic nitrogens is 1. The summed E-state index contributed by atoms with van der Waals surface area (Å²) >= 11 is 6.19. The predicted molar refractivity (Wildman–Crippen MR) is 60.5 cm³/mol. The van der Waals surface area contributed by atoms with Crippen molar-refractivity contribution in [1.29, 1.82) is 0 Å². The van der Waals surface area contributed by atoms with Gasteiger partial charge in [-0.1, -0.05) is 12.2 Å². The molecule has 76 valence electrons. The molecule has 1 atom stereocenters. The number of hydrogen-bond acceptors (Lipinski definition) is 4. The number of thiazole rings is 1. The van der Waals surface area contributed by atoms with Crippen molar-refractivity contribution in [1.82, 2.24) is 9.88 Å². The Balaban J connectivity index is 2.76. The Morgan fingerprint density at radius 3 is 2.86 bits per heavy atom. The van der Waals surface area contributed by atoms with Crippen LogP contribution in [0, 0.1) is 0 Å². The Hall–Kier alpha value is -1.01. The monoisotopic (exact) mass is 229 g/mol. The SMILES string of the molecule is CC(C(N)=S)N(C)C(=O)c1cscn1. The van der Waals surface area contributed by atoms with E-state index >= 15 is 0 Å². The molecule has 0 spiro atoms. The standard InChI is InChI=1S/C8H11N3OS2/c1-5(7(9)13)11(2)8(12)6-3-14-4-10-6/h3-5H,1-2H3,(H2,9,13). The van der Waals surface area contributed by atoms with Gasteiger partial charge in [0.25, 0.3) is 5.91 Å². The van der Waals surface area contributed by atoms with E-state index in [4.69, 9.17) is 18.0 Å². The van der Waals surface area contributed by atoms with Crippen LogP contribution in [-0.4, -0.2) is 33.9 Å². The molecule has 0 aromatic carbocycles. The lowest BCUT2D eigenvalue weighted by atomic mass is 10.3. The zero-order chi connectivity index (χ0) is 10.7. The van der Waals surface area contributed by atoms with E-state index in [0.717, 1.165) is 0 Å². The number of nitrogens with two attached hydrogens (primary N) is 1. The third-order valence-corrected chi connectivity index (χ3v) is 2.89. The van der Waals surface area contributed by atoms with E-state index in [9.17, 15) is 4.79 Å². The number of hydrogen-bond donors (Lipinski definition) is 1. The van der Waals surface area contributed by atoms with Crippen LogP contribution < -0.4 is 5.73 Å². The van der Waals surface area contributed by atoms with Gasteiger partial charge >= 0.3 is 0 Å². The molecule has 1 aromatic heterocycles. The van der Waals surface area contributed by atoms with Crippen molar-refractivity contribution in [2.45, 2.75) is 13.0 Å². The molecule has 1 aromatic rings. The summed E-state index contributed by atoms with van der Waals surface area (Å²) in [5.41, 5.74) is 7.50. The van der Waals surface area contributed by atoms with Gasteiger partial charge in [-0.2, -0.15) is 0 Å². The molecule has 0 saturated carbocycles. The zero-order valence-corrected chi connectivity index (χ0v) is 9.56. The van der Waals surface area contributed by atoms with Crippen molar-refractivity contribution >= 4 is 34.5 Å². The number of rotatable bonds is 3. The van der Waals surface area contributed by atoms with Gasteiger partial charge in [0, 0.05) is 12.4 Å². The molecule has 0 aliphatic rings. The highest BCUT2D eigenvalue weighted by molar-refractivity contribution is 7.80. The first-order valence-corrected chi connectivity index (χ1v) is 5.33. The van der Waals surface area contributed by atoms with Gasteiger partial charge in [-0.3, -0.25) is 4.79 Å². The zero-order valence-electron chi connectivity index (χ0n) is 7.93. The number of amides is 1. The Morgan fingerprint density at radius 2 is 2.43 bits per heavy atom. The van der Waals surface area contributed by atoms with Crippen LogP contribution in [0.4, 0.5) is 0 Å². The molecule has 4 nitrogen and oxygen atoms in total. The lowest BCUT2D eigenvalue weighted by Gasteiger charge is -2.22. The molecule has 0 aliphatic heterocycles. The molecular weight excluding hydrogens is 218 g/mol. The summed E-state index contributed by atoms with van der Waals surface area (Å²) in [5, 5.41) is 1.70. The topological polar surface area (TPSA) is 59.2 Å². The molecule has 0 aliphatic carbocycles. The van der Waals surface area contributed by atoms with Gasteiger partial charge in [0.2, 0.25) is 0 Å². The second-order valence-electron chi connectivity index (χ2n) is 2.87. The first-order chi connectivity index (χ1) is 6.54. The third-order valence-electron chi connectivity index (χ3n) is 1.96. The summed E-state index contributed by atoms with van der Waals surface area (Å²) in [6, 6.07) is -0.251. The van der Waals surface area contributed by atoms with Crippen molar-refractivity contribution in [3.05, 3.63) is 16.6 Å². The Morgan fingerprint density at radius 1 is 1.79 bits per heavy atom. The van der Waals surface area contributed by atoms with Crippen molar-refractivity contribution in [2.75, 3.05) is 7.05 Å².